The number of para-hydroxylation sites is 2. The van der Waals surface area contributed by atoms with Crippen LogP contribution in [-0.2, 0) is 0 Å². The first-order chi connectivity index (χ1) is 13.9. The summed E-state index contributed by atoms with van der Waals surface area (Å²) in [4.78, 5) is 16.4. The molecule has 3 rings (SSSR count). The van der Waals surface area contributed by atoms with Crippen LogP contribution in [0.2, 0.25) is 10.0 Å². The summed E-state index contributed by atoms with van der Waals surface area (Å²) in [6.07, 6.45) is 0. The molecule has 1 N–H and O–H groups in total. The lowest BCUT2D eigenvalue weighted by Crippen LogP contribution is -2.36. The van der Waals surface area contributed by atoms with Crippen molar-refractivity contribution in [1.82, 2.24) is 0 Å². The van der Waals surface area contributed by atoms with Crippen molar-refractivity contribution < 1.29 is 9.53 Å². The van der Waals surface area contributed by atoms with Gasteiger partial charge in [0.05, 0.1) is 29.5 Å². The highest BCUT2D eigenvalue weighted by atomic mass is 35.5. The zero-order valence-electron chi connectivity index (χ0n) is 15.4. The standard InChI is InChI=1S/C21H18Cl2N2O2S2/c1-27-20-14(22)10-13(11-15(20)23)21(26)25(17-7-3-5-9-19(17)29)12-24-16-6-2-4-8-18(16)28/h2-11,24,28-29H,12H2,1H3. The second-order valence-corrected chi connectivity index (χ2v) is 7.83. The number of nitrogens with zero attached hydrogens (tertiary/aromatic N) is 1. The summed E-state index contributed by atoms with van der Waals surface area (Å²) in [5, 5.41) is 3.77. The van der Waals surface area contributed by atoms with Gasteiger partial charge in [-0.15, -0.1) is 25.3 Å². The summed E-state index contributed by atoms with van der Waals surface area (Å²) in [6.45, 7) is 0.190. The SMILES string of the molecule is COc1c(Cl)cc(C(=O)N(CNc2ccccc2S)c2ccccc2S)cc1Cl. The maximum atomic E-state index is 13.4. The Kier molecular flexibility index (Phi) is 7.24. The van der Waals surface area contributed by atoms with Gasteiger partial charge in [0.1, 0.15) is 0 Å². The van der Waals surface area contributed by atoms with Crippen LogP contribution in [0.5, 0.6) is 5.75 Å². The van der Waals surface area contributed by atoms with Crippen LogP contribution in [-0.4, -0.2) is 19.7 Å². The normalized spacial score (nSPS) is 10.5. The number of rotatable bonds is 6. The first-order valence-corrected chi connectivity index (χ1v) is 10.2. The summed E-state index contributed by atoms with van der Waals surface area (Å²) < 4.78 is 5.17. The number of anilines is 2. The fourth-order valence-corrected chi connectivity index (χ4v) is 3.94. The van der Waals surface area contributed by atoms with E-state index in [1.165, 1.54) is 19.2 Å². The number of hydrogen-bond acceptors (Lipinski definition) is 5. The molecule has 150 valence electrons. The maximum absolute atomic E-state index is 13.4. The fraction of sp³-hybridized carbons (Fsp3) is 0.0952. The Morgan fingerprint density at radius 1 is 1.00 bits per heavy atom. The Balaban J connectivity index is 1.98. The molecule has 3 aromatic carbocycles. The first kappa shape index (κ1) is 21.7. The van der Waals surface area contributed by atoms with Crippen molar-refractivity contribution in [2.24, 2.45) is 0 Å². The summed E-state index contributed by atoms with van der Waals surface area (Å²) in [5.74, 6) is 0.0373. The van der Waals surface area contributed by atoms with Crippen LogP contribution in [0, 0.1) is 0 Å². The van der Waals surface area contributed by atoms with Gasteiger partial charge in [-0.3, -0.25) is 9.69 Å². The number of hydrogen-bond donors (Lipinski definition) is 3. The van der Waals surface area contributed by atoms with Crippen molar-refractivity contribution in [3.8, 4) is 5.75 Å². The number of thiol groups is 2. The van der Waals surface area contributed by atoms with Crippen LogP contribution in [0.25, 0.3) is 0 Å². The third-order valence-corrected chi connectivity index (χ3v) is 5.53. The van der Waals surface area contributed by atoms with E-state index in [0.717, 1.165) is 10.6 Å². The third kappa shape index (κ3) is 4.95. The number of ether oxygens (including phenoxy) is 1. The molecule has 0 aromatic heterocycles. The number of methoxy groups -OCH3 is 1. The molecular formula is C21H18Cl2N2O2S2. The van der Waals surface area contributed by atoms with E-state index < -0.39 is 0 Å². The molecule has 3 aromatic rings. The van der Waals surface area contributed by atoms with E-state index in [4.69, 9.17) is 27.9 Å². The van der Waals surface area contributed by atoms with Gasteiger partial charge in [-0.1, -0.05) is 47.5 Å². The molecule has 1 amide bonds. The molecule has 0 unspecified atom stereocenters. The van der Waals surface area contributed by atoms with Crippen molar-refractivity contribution >= 4 is 65.7 Å². The van der Waals surface area contributed by atoms with Crippen molar-refractivity contribution in [2.75, 3.05) is 24.0 Å². The van der Waals surface area contributed by atoms with Crippen molar-refractivity contribution in [2.45, 2.75) is 9.79 Å². The average molecular weight is 465 g/mol. The van der Waals surface area contributed by atoms with Gasteiger partial charge in [-0.2, -0.15) is 0 Å². The van der Waals surface area contributed by atoms with Crippen LogP contribution >= 0.6 is 48.5 Å². The van der Waals surface area contributed by atoms with Gasteiger partial charge < -0.3 is 10.1 Å². The van der Waals surface area contributed by atoms with Crippen LogP contribution in [0.15, 0.2) is 70.5 Å². The van der Waals surface area contributed by atoms with E-state index in [0.29, 0.717) is 21.9 Å². The molecule has 0 aliphatic rings. The molecule has 8 heteroatoms. The molecule has 0 saturated heterocycles. The lowest BCUT2D eigenvalue weighted by Gasteiger charge is -2.26. The molecule has 29 heavy (non-hydrogen) atoms. The van der Waals surface area contributed by atoms with Crippen LogP contribution in [0.1, 0.15) is 10.4 Å². The van der Waals surface area contributed by atoms with Crippen LogP contribution in [0.4, 0.5) is 11.4 Å². The molecular weight excluding hydrogens is 447 g/mol. The second kappa shape index (κ2) is 9.67. The third-order valence-electron chi connectivity index (χ3n) is 4.20. The zero-order chi connectivity index (χ0) is 21.0. The Morgan fingerprint density at radius 3 is 2.17 bits per heavy atom. The number of halogens is 2. The van der Waals surface area contributed by atoms with E-state index in [1.54, 1.807) is 4.90 Å². The average Bonchev–Trinajstić information content (AvgIpc) is 2.70. The lowest BCUT2D eigenvalue weighted by molar-refractivity contribution is 0.0988. The van der Waals surface area contributed by atoms with E-state index in [-0.39, 0.29) is 22.6 Å². The first-order valence-electron chi connectivity index (χ1n) is 8.57. The molecule has 0 saturated carbocycles. The van der Waals surface area contributed by atoms with Gasteiger partial charge in [0, 0.05) is 21.0 Å². The molecule has 0 heterocycles. The smallest absolute Gasteiger partial charge is 0.259 e. The molecule has 4 nitrogen and oxygen atoms in total. The van der Waals surface area contributed by atoms with Gasteiger partial charge >= 0.3 is 0 Å². The quantitative estimate of drug-likeness (QED) is 0.296. The summed E-state index contributed by atoms with van der Waals surface area (Å²) in [7, 11) is 1.47. The van der Waals surface area contributed by atoms with Gasteiger partial charge in [0.25, 0.3) is 5.91 Å². The van der Waals surface area contributed by atoms with E-state index >= 15 is 0 Å². The fourth-order valence-electron chi connectivity index (χ4n) is 2.78. The zero-order valence-corrected chi connectivity index (χ0v) is 18.7. The number of carbonyl (C=O) groups excluding carboxylic acids is 1. The Labute approximate surface area is 190 Å². The highest BCUT2D eigenvalue weighted by Crippen LogP contribution is 2.35. The molecule has 0 bridgehead atoms. The monoisotopic (exact) mass is 464 g/mol. The molecule has 0 radical (unpaired) electrons. The minimum Gasteiger partial charge on any atom is -0.494 e. The highest BCUT2D eigenvalue weighted by Gasteiger charge is 2.22. The molecule has 0 spiro atoms. The van der Waals surface area contributed by atoms with Gasteiger partial charge in [-0.05, 0) is 36.4 Å². The van der Waals surface area contributed by atoms with Crippen molar-refractivity contribution in [3.05, 3.63) is 76.3 Å². The van der Waals surface area contributed by atoms with Crippen molar-refractivity contribution in [1.29, 1.82) is 0 Å². The van der Waals surface area contributed by atoms with Crippen LogP contribution in [0.3, 0.4) is 0 Å². The minimum atomic E-state index is -0.290. The van der Waals surface area contributed by atoms with E-state index in [1.807, 2.05) is 48.5 Å². The van der Waals surface area contributed by atoms with E-state index in [9.17, 15) is 4.79 Å². The maximum Gasteiger partial charge on any atom is 0.259 e. The Bertz CT molecular complexity index is 1020. The molecule has 0 aliphatic heterocycles. The van der Waals surface area contributed by atoms with E-state index in [2.05, 4.69) is 30.6 Å². The number of carbonyl (C=O) groups is 1. The Hall–Kier alpha value is -1.99. The topological polar surface area (TPSA) is 41.6 Å². The number of amides is 1. The second-order valence-electron chi connectivity index (χ2n) is 6.05. The summed E-state index contributed by atoms with van der Waals surface area (Å²) in [5.41, 5.74) is 1.78. The molecule has 0 aliphatic carbocycles. The summed E-state index contributed by atoms with van der Waals surface area (Å²) in [6, 6.07) is 17.9. The van der Waals surface area contributed by atoms with Crippen molar-refractivity contribution in [3.63, 3.8) is 0 Å². The van der Waals surface area contributed by atoms with Gasteiger partial charge in [0.15, 0.2) is 5.75 Å². The lowest BCUT2D eigenvalue weighted by atomic mass is 10.1. The number of benzene rings is 3. The highest BCUT2D eigenvalue weighted by molar-refractivity contribution is 7.80. The summed E-state index contributed by atoms with van der Waals surface area (Å²) >= 11 is 21.4. The predicted molar refractivity (Wildman–Crippen MR) is 126 cm³/mol. The Morgan fingerprint density at radius 2 is 1.59 bits per heavy atom. The molecule has 0 atom stereocenters. The molecule has 0 fully saturated rings. The van der Waals surface area contributed by atoms with Crippen LogP contribution < -0.4 is 15.0 Å². The largest absolute Gasteiger partial charge is 0.494 e. The minimum absolute atomic E-state index is 0.190. The van der Waals surface area contributed by atoms with Gasteiger partial charge in [0.2, 0.25) is 0 Å². The predicted octanol–water partition coefficient (Wildman–Crippen LogP) is 6.30. The van der Waals surface area contributed by atoms with Gasteiger partial charge in [-0.25, -0.2) is 0 Å². The number of nitrogens with one attached hydrogen (secondary N) is 1.